The Kier molecular flexibility index (Phi) is 6.81. The van der Waals surface area contributed by atoms with Gasteiger partial charge in [-0.1, -0.05) is 19.1 Å². The van der Waals surface area contributed by atoms with Crippen molar-refractivity contribution in [3.63, 3.8) is 0 Å². The van der Waals surface area contributed by atoms with Crippen molar-refractivity contribution >= 4 is 0 Å². The van der Waals surface area contributed by atoms with Crippen molar-refractivity contribution in [3.05, 3.63) is 29.3 Å². The van der Waals surface area contributed by atoms with E-state index in [2.05, 4.69) is 51.2 Å². The molecule has 0 saturated heterocycles. The standard InChI is InChI=1S/C16H27NO/c1-5-15(4)17-10-6-7-11-18-16-12-13(2)8-9-14(16)3/h8-9,12,15,17H,5-7,10-11H2,1-4H3/t15-/m1/s1. The largest absolute Gasteiger partial charge is 0.493 e. The quantitative estimate of drug-likeness (QED) is 0.707. The number of hydrogen-bond donors (Lipinski definition) is 1. The van der Waals surface area contributed by atoms with Crippen molar-refractivity contribution in [1.82, 2.24) is 5.32 Å². The highest BCUT2D eigenvalue weighted by atomic mass is 16.5. The molecule has 0 spiro atoms. The molecule has 0 unspecified atom stereocenters. The lowest BCUT2D eigenvalue weighted by atomic mass is 10.1. The van der Waals surface area contributed by atoms with Gasteiger partial charge in [0.25, 0.3) is 0 Å². The van der Waals surface area contributed by atoms with Crippen LogP contribution in [0.1, 0.15) is 44.2 Å². The number of ether oxygens (including phenoxy) is 1. The van der Waals surface area contributed by atoms with Crippen LogP contribution in [0.15, 0.2) is 18.2 Å². The Morgan fingerprint density at radius 2 is 2.00 bits per heavy atom. The summed E-state index contributed by atoms with van der Waals surface area (Å²) in [4.78, 5) is 0. The average molecular weight is 249 g/mol. The summed E-state index contributed by atoms with van der Waals surface area (Å²) in [6.45, 7) is 10.5. The van der Waals surface area contributed by atoms with Gasteiger partial charge in [-0.25, -0.2) is 0 Å². The molecule has 0 aliphatic carbocycles. The predicted molar refractivity (Wildman–Crippen MR) is 78.4 cm³/mol. The summed E-state index contributed by atoms with van der Waals surface area (Å²) in [5, 5.41) is 3.50. The Morgan fingerprint density at radius 3 is 2.72 bits per heavy atom. The average Bonchev–Trinajstić information content (AvgIpc) is 2.37. The Bertz CT molecular complexity index is 349. The maximum Gasteiger partial charge on any atom is 0.122 e. The molecular weight excluding hydrogens is 222 g/mol. The Balaban J connectivity index is 2.16. The molecule has 102 valence electrons. The molecule has 2 nitrogen and oxygen atoms in total. The van der Waals surface area contributed by atoms with Gasteiger partial charge in [0.15, 0.2) is 0 Å². The molecule has 0 aliphatic rings. The summed E-state index contributed by atoms with van der Waals surface area (Å²) in [5.41, 5.74) is 2.48. The van der Waals surface area contributed by atoms with Crippen molar-refractivity contribution in [2.45, 2.75) is 53.0 Å². The van der Waals surface area contributed by atoms with Crippen LogP contribution in [0.2, 0.25) is 0 Å². The maximum absolute atomic E-state index is 5.82. The van der Waals surface area contributed by atoms with Gasteiger partial charge in [-0.3, -0.25) is 0 Å². The third kappa shape index (κ3) is 5.54. The molecule has 0 radical (unpaired) electrons. The first kappa shape index (κ1) is 15.0. The molecule has 0 fully saturated rings. The van der Waals surface area contributed by atoms with E-state index >= 15 is 0 Å². The van der Waals surface area contributed by atoms with Gasteiger partial charge in [-0.05, 0) is 63.8 Å². The van der Waals surface area contributed by atoms with Gasteiger partial charge in [-0.15, -0.1) is 0 Å². The summed E-state index contributed by atoms with van der Waals surface area (Å²) >= 11 is 0. The zero-order valence-electron chi connectivity index (χ0n) is 12.3. The normalized spacial score (nSPS) is 12.4. The van der Waals surface area contributed by atoms with E-state index in [0.717, 1.165) is 25.3 Å². The van der Waals surface area contributed by atoms with E-state index in [4.69, 9.17) is 4.74 Å². The topological polar surface area (TPSA) is 21.3 Å². The van der Waals surface area contributed by atoms with Crippen LogP contribution in [0.25, 0.3) is 0 Å². The molecule has 0 aliphatic heterocycles. The third-order valence-corrected chi connectivity index (χ3v) is 3.28. The molecule has 0 amide bonds. The van der Waals surface area contributed by atoms with Crippen molar-refractivity contribution in [2.75, 3.05) is 13.2 Å². The van der Waals surface area contributed by atoms with Gasteiger partial charge in [0.2, 0.25) is 0 Å². The van der Waals surface area contributed by atoms with E-state index in [1.165, 1.54) is 24.0 Å². The minimum atomic E-state index is 0.630. The number of nitrogens with one attached hydrogen (secondary N) is 1. The second-order valence-corrected chi connectivity index (χ2v) is 5.09. The molecule has 1 aromatic carbocycles. The van der Waals surface area contributed by atoms with Crippen molar-refractivity contribution in [2.24, 2.45) is 0 Å². The molecule has 18 heavy (non-hydrogen) atoms. The monoisotopic (exact) mass is 249 g/mol. The summed E-state index contributed by atoms with van der Waals surface area (Å²) < 4.78 is 5.82. The zero-order chi connectivity index (χ0) is 13.4. The van der Waals surface area contributed by atoms with Crippen LogP contribution in [0, 0.1) is 13.8 Å². The van der Waals surface area contributed by atoms with Gasteiger partial charge in [0, 0.05) is 6.04 Å². The number of hydrogen-bond acceptors (Lipinski definition) is 2. The van der Waals surface area contributed by atoms with Crippen LogP contribution < -0.4 is 10.1 Å². The molecule has 0 aromatic heterocycles. The predicted octanol–water partition coefficient (Wildman–Crippen LogP) is 3.85. The van der Waals surface area contributed by atoms with E-state index in [1.807, 2.05) is 0 Å². The van der Waals surface area contributed by atoms with Crippen LogP contribution in [-0.4, -0.2) is 19.2 Å². The van der Waals surface area contributed by atoms with Crippen LogP contribution >= 0.6 is 0 Å². The fraction of sp³-hybridized carbons (Fsp3) is 0.625. The first-order chi connectivity index (χ1) is 8.63. The van der Waals surface area contributed by atoms with E-state index in [0.29, 0.717) is 6.04 Å². The summed E-state index contributed by atoms with van der Waals surface area (Å²) in [5.74, 6) is 1.03. The molecule has 0 heterocycles. The van der Waals surface area contributed by atoms with Crippen LogP contribution in [0.3, 0.4) is 0 Å². The lowest BCUT2D eigenvalue weighted by Gasteiger charge is -2.12. The fourth-order valence-electron chi connectivity index (χ4n) is 1.76. The zero-order valence-corrected chi connectivity index (χ0v) is 12.3. The van der Waals surface area contributed by atoms with E-state index in [9.17, 15) is 0 Å². The number of rotatable bonds is 8. The molecule has 0 bridgehead atoms. The van der Waals surface area contributed by atoms with Gasteiger partial charge in [0.1, 0.15) is 5.75 Å². The van der Waals surface area contributed by atoms with Crippen LogP contribution in [0.4, 0.5) is 0 Å². The summed E-state index contributed by atoms with van der Waals surface area (Å²) in [6, 6.07) is 6.99. The third-order valence-electron chi connectivity index (χ3n) is 3.28. The number of aryl methyl sites for hydroxylation is 2. The van der Waals surface area contributed by atoms with E-state index in [1.54, 1.807) is 0 Å². The highest BCUT2D eigenvalue weighted by Crippen LogP contribution is 2.19. The first-order valence-corrected chi connectivity index (χ1v) is 7.07. The van der Waals surface area contributed by atoms with E-state index < -0.39 is 0 Å². The first-order valence-electron chi connectivity index (χ1n) is 7.07. The minimum Gasteiger partial charge on any atom is -0.493 e. The van der Waals surface area contributed by atoms with Crippen molar-refractivity contribution in [1.29, 1.82) is 0 Å². The maximum atomic E-state index is 5.82. The fourth-order valence-corrected chi connectivity index (χ4v) is 1.76. The molecule has 1 N–H and O–H groups in total. The highest BCUT2D eigenvalue weighted by molar-refractivity contribution is 5.35. The van der Waals surface area contributed by atoms with Gasteiger partial charge in [0.05, 0.1) is 6.61 Å². The Hall–Kier alpha value is -1.02. The number of unbranched alkanes of at least 4 members (excludes halogenated alkanes) is 1. The lowest BCUT2D eigenvalue weighted by Crippen LogP contribution is -2.26. The molecule has 0 saturated carbocycles. The smallest absolute Gasteiger partial charge is 0.122 e. The van der Waals surface area contributed by atoms with Crippen molar-refractivity contribution < 1.29 is 4.74 Å². The van der Waals surface area contributed by atoms with Crippen LogP contribution in [0.5, 0.6) is 5.75 Å². The van der Waals surface area contributed by atoms with Gasteiger partial charge >= 0.3 is 0 Å². The van der Waals surface area contributed by atoms with Crippen LogP contribution in [-0.2, 0) is 0 Å². The van der Waals surface area contributed by atoms with Crippen molar-refractivity contribution in [3.8, 4) is 5.75 Å². The summed E-state index contributed by atoms with van der Waals surface area (Å²) in [6.07, 6.45) is 3.48. The molecule has 2 heteroatoms. The molecule has 1 atom stereocenters. The minimum absolute atomic E-state index is 0.630. The van der Waals surface area contributed by atoms with E-state index in [-0.39, 0.29) is 0 Å². The molecule has 1 rings (SSSR count). The Labute approximate surface area is 112 Å². The SMILES string of the molecule is CC[C@@H](C)NCCCCOc1cc(C)ccc1C. The highest BCUT2D eigenvalue weighted by Gasteiger charge is 2.00. The molecular formula is C16H27NO. The Morgan fingerprint density at radius 1 is 1.22 bits per heavy atom. The second kappa shape index (κ2) is 8.15. The molecule has 1 aromatic rings. The summed E-state index contributed by atoms with van der Waals surface area (Å²) in [7, 11) is 0. The lowest BCUT2D eigenvalue weighted by molar-refractivity contribution is 0.302. The van der Waals surface area contributed by atoms with Gasteiger partial charge < -0.3 is 10.1 Å². The number of benzene rings is 1. The second-order valence-electron chi connectivity index (χ2n) is 5.09. The van der Waals surface area contributed by atoms with Gasteiger partial charge in [-0.2, -0.15) is 0 Å².